The number of thioether (sulfide) groups is 1. The van der Waals surface area contributed by atoms with Gasteiger partial charge in [0.05, 0.1) is 7.11 Å². The van der Waals surface area contributed by atoms with Gasteiger partial charge in [-0.1, -0.05) is 13.0 Å². The van der Waals surface area contributed by atoms with E-state index < -0.39 is 0 Å². The third-order valence-electron chi connectivity index (χ3n) is 3.75. The molecule has 0 fully saturated rings. The van der Waals surface area contributed by atoms with Crippen molar-refractivity contribution in [2.75, 3.05) is 13.7 Å². The van der Waals surface area contributed by atoms with Crippen molar-refractivity contribution in [3.63, 3.8) is 0 Å². The number of ether oxygens (including phenoxy) is 1. The summed E-state index contributed by atoms with van der Waals surface area (Å²) in [6, 6.07) is 6.28. The third-order valence-corrected chi connectivity index (χ3v) is 5.33. The fraction of sp³-hybridized carbons (Fsp3) is 0.600. The zero-order chi connectivity index (χ0) is 13.8. The minimum absolute atomic E-state index is 0.0841. The molecule has 0 amide bonds. The van der Waals surface area contributed by atoms with Crippen LogP contribution in [0, 0.1) is 0 Å². The van der Waals surface area contributed by atoms with Crippen LogP contribution in [-0.2, 0) is 6.42 Å². The molecule has 3 unspecified atom stereocenters. The van der Waals surface area contributed by atoms with Crippen molar-refractivity contribution in [2.24, 2.45) is 5.73 Å². The number of hydrogen-bond donors (Lipinski definition) is 2. The Hall–Kier alpha value is -0.710. The molecule has 3 atom stereocenters. The van der Waals surface area contributed by atoms with E-state index in [1.807, 2.05) is 17.8 Å². The zero-order valence-corrected chi connectivity index (χ0v) is 12.5. The molecular formula is C15H23NO2S. The van der Waals surface area contributed by atoms with Gasteiger partial charge in [-0.25, -0.2) is 0 Å². The Morgan fingerprint density at radius 3 is 3.00 bits per heavy atom. The van der Waals surface area contributed by atoms with Crippen molar-refractivity contribution in [2.45, 2.75) is 42.7 Å². The van der Waals surface area contributed by atoms with Crippen LogP contribution in [-0.4, -0.2) is 29.3 Å². The Bertz CT molecular complexity index is 425. The molecule has 1 aromatic rings. The summed E-state index contributed by atoms with van der Waals surface area (Å²) in [5.74, 6) is 0.908. The maximum absolute atomic E-state index is 8.99. The highest BCUT2D eigenvalue weighted by Crippen LogP contribution is 2.38. The highest BCUT2D eigenvalue weighted by Gasteiger charge is 2.28. The lowest BCUT2D eigenvalue weighted by molar-refractivity contribution is 0.288. The quantitative estimate of drug-likeness (QED) is 0.871. The van der Waals surface area contributed by atoms with E-state index in [9.17, 15) is 0 Å². The van der Waals surface area contributed by atoms with E-state index in [0.29, 0.717) is 10.5 Å². The van der Waals surface area contributed by atoms with Gasteiger partial charge in [0.15, 0.2) is 0 Å². The molecule has 0 bridgehead atoms. The second-order valence-electron chi connectivity index (χ2n) is 5.13. The molecule has 3 nitrogen and oxygen atoms in total. The molecular weight excluding hydrogens is 258 g/mol. The van der Waals surface area contributed by atoms with Gasteiger partial charge in [-0.15, -0.1) is 0 Å². The predicted octanol–water partition coefficient (Wildman–Crippen LogP) is 2.51. The fourth-order valence-electron chi connectivity index (χ4n) is 2.63. The number of benzene rings is 1. The molecule has 0 aromatic heterocycles. The lowest BCUT2D eigenvalue weighted by Crippen LogP contribution is -2.30. The average molecular weight is 281 g/mol. The maximum atomic E-state index is 8.99. The summed E-state index contributed by atoms with van der Waals surface area (Å²) in [7, 11) is 1.69. The van der Waals surface area contributed by atoms with Gasteiger partial charge in [-0.2, -0.15) is 11.8 Å². The van der Waals surface area contributed by atoms with Crippen LogP contribution in [0.1, 0.15) is 36.9 Å². The number of nitrogens with two attached hydrogens (primary N) is 1. The Kier molecular flexibility index (Phi) is 5.13. The van der Waals surface area contributed by atoms with E-state index in [-0.39, 0.29) is 12.6 Å². The van der Waals surface area contributed by atoms with Crippen molar-refractivity contribution in [3.8, 4) is 5.75 Å². The van der Waals surface area contributed by atoms with Crippen LogP contribution in [0.2, 0.25) is 0 Å². The Morgan fingerprint density at radius 1 is 1.53 bits per heavy atom. The van der Waals surface area contributed by atoms with Gasteiger partial charge in [-0.05, 0) is 42.5 Å². The zero-order valence-electron chi connectivity index (χ0n) is 11.6. The standard InChI is InChI=1S/C15H23NO2S/c1-10(7-8-17)19-14-6-3-11-9-12(18-2)4-5-13(11)15(14)16/h4-5,9-10,14-15,17H,3,6-8,16H2,1-2H3. The summed E-state index contributed by atoms with van der Waals surface area (Å²) in [4.78, 5) is 0. The molecule has 0 spiro atoms. The van der Waals surface area contributed by atoms with E-state index in [2.05, 4.69) is 19.1 Å². The van der Waals surface area contributed by atoms with Gasteiger partial charge in [0.1, 0.15) is 5.75 Å². The van der Waals surface area contributed by atoms with Crippen LogP contribution in [0.15, 0.2) is 18.2 Å². The highest BCUT2D eigenvalue weighted by molar-refractivity contribution is 8.00. The van der Waals surface area contributed by atoms with Gasteiger partial charge in [0, 0.05) is 23.1 Å². The summed E-state index contributed by atoms with van der Waals surface area (Å²) in [5, 5.41) is 9.89. The first-order valence-corrected chi connectivity index (χ1v) is 7.78. The molecule has 0 aliphatic heterocycles. The molecule has 1 aromatic carbocycles. The van der Waals surface area contributed by atoms with E-state index in [0.717, 1.165) is 25.0 Å². The molecule has 106 valence electrons. The molecule has 3 N–H and O–H groups in total. The SMILES string of the molecule is COc1ccc2c(c1)CCC(SC(C)CCO)C2N. The lowest BCUT2D eigenvalue weighted by atomic mass is 9.87. The van der Waals surface area contributed by atoms with E-state index >= 15 is 0 Å². The smallest absolute Gasteiger partial charge is 0.119 e. The Labute approximate surface area is 119 Å². The number of aliphatic hydroxyl groups excluding tert-OH is 1. The molecule has 19 heavy (non-hydrogen) atoms. The molecule has 0 saturated heterocycles. The highest BCUT2D eigenvalue weighted by atomic mass is 32.2. The number of fused-ring (bicyclic) bond motifs is 1. The first-order chi connectivity index (χ1) is 9.15. The maximum Gasteiger partial charge on any atom is 0.119 e. The van der Waals surface area contributed by atoms with Crippen molar-refractivity contribution in [1.82, 2.24) is 0 Å². The molecule has 1 aliphatic carbocycles. The molecule has 2 rings (SSSR count). The topological polar surface area (TPSA) is 55.5 Å². The van der Waals surface area contributed by atoms with Gasteiger partial charge in [0.2, 0.25) is 0 Å². The Morgan fingerprint density at radius 2 is 2.32 bits per heavy atom. The average Bonchev–Trinajstić information content (AvgIpc) is 2.42. The first kappa shape index (κ1) is 14.7. The van der Waals surface area contributed by atoms with Crippen molar-refractivity contribution in [1.29, 1.82) is 0 Å². The Balaban J connectivity index is 2.09. The minimum atomic E-state index is 0.0841. The van der Waals surface area contributed by atoms with E-state index in [4.69, 9.17) is 15.6 Å². The van der Waals surface area contributed by atoms with Crippen LogP contribution >= 0.6 is 11.8 Å². The number of hydrogen-bond acceptors (Lipinski definition) is 4. The van der Waals surface area contributed by atoms with E-state index in [1.54, 1.807) is 7.11 Å². The summed E-state index contributed by atoms with van der Waals surface area (Å²) in [5.41, 5.74) is 8.97. The normalized spacial score (nSPS) is 23.8. The number of methoxy groups -OCH3 is 1. The molecule has 0 heterocycles. The fourth-order valence-corrected chi connectivity index (χ4v) is 4.04. The van der Waals surface area contributed by atoms with Crippen LogP contribution in [0.3, 0.4) is 0 Å². The van der Waals surface area contributed by atoms with Crippen molar-refractivity contribution in [3.05, 3.63) is 29.3 Å². The molecule has 0 saturated carbocycles. The third kappa shape index (κ3) is 3.44. The first-order valence-electron chi connectivity index (χ1n) is 6.84. The molecule has 4 heteroatoms. The summed E-state index contributed by atoms with van der Waals surface area (Å²) >= 11 is 1.91. The van der Waals surface area contributed by atoms with Crippen molar-refractivity contribution < 1.29 is 9.84 Å². The van der Waals surface area contributed by atoms with Gasteiger partial charge in [0.25, 0.3) is 0 Å². The summed E-state index contributed by atoms with van der Waals surface area (Å²) < 4.78 is 5.27. The molecule has 1 aliphatic rings. The minimum Gasteiger partial charge on any atom is -0.497 e. The second-order valence-corrected chi connectivity index (χ2v) is 6.81. The monoisotopic (exact) mass is 281 g/mol. The number of aryl methyl sites for hydroxylation is 1. The van der Waals surface area contributed by atoms with Crippen LogP contribution in [0.4, 0.5) is 0 Å². The molecule has 0 radical (unpaired) electrons. The summed E-state index contributed by atoms with van der Waals surface area (Å²) in [6.07, 6.45) is 2.99. The van der Waals surface area contributed by atoms with Crippen LogP contribution < -0.4 is 10.5 Å². The number of rotatable bonds is 5. The van der Waals surface area contributed by atoms with E-state index in [1.165, 1.54) is 11.1 Å². The van der Waals surface area contributed by atoms with Crippen LogP contribution in [0.5, 0.6) is 5.75 Å². The summed E-state index contributed by atoms with van der Waals surface area (Å²) in [6.45, 7) is 2.42. The van der Waals surface area contributed by atoms with Gasteiger partial charge in [-0.3, -0.25) is 0 Å². The van der Waals surface area contributed by atoms with Crippen molar-refractivity contribution >= 4 is 11.8 Å². The van der Waals surface area contributed by atoms with Crippen LogP contribution in [0.25, 0.3) is 0 Å². The lowest BCUT2D eigenvalue weighted by Gasteiger charge is -2.32. The largest absolute Gasteiger partial charge is 0.497 e. The van der Waals surface area contributed by atoms with Gasteiger partial charge < -0.3 is 15.6 Å². The predicted molar refractivity (Wildman–Crippen MR) is 80.8 cm³/mol. The second kappa shape index (κ2) is 6.64. The number of aliphatic hydroxyl groups is 1. The van der Waals surface area contributed by atoms with Gasteiger partial charge >= 0.3 is 0 Å².